The van der Waals surface area contributed by atoms with Gasteiger partial charge in [0.25, 0.3) is 0 Å². The van der Waals surface area contributed by atoms with Gasteiger partial charge >= 0.3 is 0 Å². The van der Waals surface area contributed by atoms with Crippen LogP contribution in [-0.4, -0.2) is 66.8 Å². The first-order chi connectivity index (χ1) is 5.92. The molecule has 0 bridgehead atoms. The third-order valence-corrected chi connectivity index (χ3v) is 3.10. The largest absolute Gasteiger partial charge is 0.390 e. The summed E-state index contributed by atoms with van der Waals surface area (Å²) in [5, 5.41) is 55.6. The van der Waals surface area contributed by atoms with Gasteiger partial charge in [-0.3, -0.25) is 0 Å². The molecule has 2 aliphatic rings. The Bertz CT molecular complexity index is 219. The van der Waals surface area contributed by atoms with Gasteiger partial charge in [-0.1, -0.05) is 0 Å². The van der Waals surface area contributed by atoms with Gasteiger partial charge in [0.2, 0.25) is 0 Å². The Balaban J connectivity index is 2.28. The summed E-state index contributed by atoms with van der Waals surface area (Å²) in [6.45, 7) is 0. The predicted molar refractivity (Wildman–Crippen MR) is 38.5 cm³/mol. The van der Waals surface area contributed by atoms with Crippen molar-refractivity contribution >= 4 is 0 Å². The molecule has 6 N–H and O–H groups in total. The normalized spacial score (nSPS) is 66.0. The molecule has 0 amide bonds. The lowest BCUT2D eigenvalue weighted by Crippen LogP contribution is -2.57. The van der Waals surface area contributed by atoms with E-state index in [-0.39, 0.29) is 0 Å². The lowest BCUT2D eigenvalue weighted by Gasteiger charge is -2.34. The Morgan fingerprint density at radius 3 is 1.77 bits per heavy atom. The Kier molecular flexibility index (Phi) is 1.73. The molecule has 0 aromatic rings. The quantitative estimate of drug-likeness (QED) is 0.234. The van der Waals surface area contributed by atoms with Gasteiger partial charge in [-0.15, -0.1) is 0 Å². The topological polar surface area (TPSA) is 121 Å². The monoisotopic (exact) mass is 192 g/mol. The summed E-state index contributed by atoms with van der Waals surface area (Å²) < 4.78 is 0. The zero-order chi connectivity index (χ0) is 9.96. The molecule has 2 saturated carbocycles. The average molecular weight is 192 g/mol. The van der Waals surface area contributed by atoms with Crippen LogP contribution in [0.1, 0.15) is 0 Å². The van der Waals surface area contributed by atoms with E-state index in [4.69, 9.17) is 15.3 Å². The summed E-state index contributed by atoms with van der Waals surface area (Å²) in [6.07, 6.45) is -7.47. The van der Waals surface area contributed by atoms with E-state index in [1.807, 2.05) is 0 Å². The van der Waals surface area contributed by atoms with E-state index < -0.39 is 42.0 Å². The standard InChI is InChI=1S/C7H12O6/c8-2-1-5(11)7(1,13)6(12)4(10)3(2)9/h1-6,8-13H/t1?,2?,3-,4?,5?,6?,7-/m1/s1. The molecule has 6 heteroatoms. The van der Waals surface area contributed by atoms with Crippen molar-refractivity contribution in [2.75, 3.05) is 0 Å². The van der Waals surface area contributed by atoms with Gasteiger partial charge in [0.15, 0.2) is 0 Å². The van der Waals surface area contributed by atoms with E-state index >= 15 is 0 Å². The molecule has 0 saturated heterocycles. The van der Waals surface area contributed by atoms with Crippen molar-refractivity contribution < 1.29 is 30.6 Å². The molecular weight excluding hydrogens is 180 g/mol. The molecule has 2 aliphatic carbocycles. The maximum absolute atomic E-state index is 9.51. The Labute approximate surface area is 73.7 Å². The van der Waals surface area contributed by atoms with Crippen molar-refractivity contribution in [2.45, 2.75) is 36.1 Å². The van der Waals surface area contributed by atoms with Gasteiger partial charge in [-0.05, 0) is 0 Å². The third kappa shape index (κ3) is 0.876. The van der Waals surface area contributed by atoms with Gasteiger partial charge in [-0.25, -0.2) is 0 Å². The molecule has 2 rings (SSSR count). The molecule has 13 heavy (non-hydrogen) atoms. The molecule has 0 aromatic carbocycles. The summed E-state index contributed by atoms with van der Waals surface area (Å²) in [7, 11) is 0. The van der Waals surface area contributed by atoms with Crippen LogP contribution in [0.5, 0.6) is 0 Å². The first-order valence-electron chi connectivity index (χ1n) is 4.05. The van der Waals surface area contributed by atoms with E-state index in [9.17, 15) is 15.3 Å². The smallest absolute Gasteiger partial charge is 0.127 e. The van der Waals surface area contributed by atoms with Crippen LogP contribution in [0.15, 0.2) is 0 Å². The van der Waals surface area contributed by atoms with E-state index in [0.717, 1.165) is 0 Å². The van der Waals surface area contributed by atoms with Gasteiger partial charge in [0.05, 0.1) is 18.1 Å². The number of fused-ring (bicyclic) bond motifs is 1. The summed E-state index contributed by atoms with van der Waals surface area (Å²) in [4.78, 5) is 0. The van der Waals surface area contributed by atoms with Gasteiger partial charge in [0.1, 0.15) is 23.9 Å². The second-order valence-electron chi connectivity index (χ2n) is 3.77. The molecule has 76 valence electrons. The first-order valence-corrected chi connectivity index (χ1v) is 4.05. The third-order valence-electron chi connectivity index (χ3n) is 3.10. The zero-order valence-electron chi connectivity index (χ0n) is 6.65. The van der Waals surface area contributed by atoms with Crippen LogP contribution in [-0.2, 0) is 0 Å². The van der Waals surface area contributed by atoms with Crippen molar-refractivity contribution in [1.82, 2.24) is 0 Å². The van der Waals surface area contributed by atoms with Crippen molar-refractivity contribution in [3.8, 4) is 0 Å². The van der Waals surface area contributed by atoms with Crippen LogP contribution in [0.2, 0.25) is 0 Å². The fraction of sp³-hybridized carbons (Fsp3) is 1.00. The summed E-state index contributed by atoms with van der Waals surface area (Å²) in [5.41, 5.74) is -1.86. The van der Waals surface area contributed by atoms with Gasteiger partial charge in [0, 0.05) is 0 Å². The Morgan fingerprint density at radius 2 is 1.23 bits per heavy atom. The summed E-state index contributed by atoms with van der Waals surface area (Å²) >= 11 is 0. The lowest BCUT2D eigenvalue weighted by atomic mass is 9.87. The van der Waals surface area contributed by atoms with E-state index in [0.29, 0.717) is 0 Å². The maximum atomic E-state index is 9.51. The highest BCUT2D eigenvalue weighted by molar-refractivity contribution is 5.25. The minimum atomic E-state index is -1.86. The summed E-state index contributed by atoms with van der Waals surface area (Å²) in [5.74, 6) is -0.971. The Hall–Kier alpha value is -0.240. The van der Waals surface area contributed by atoms with Crippen LogP contribution in [0, 0.1) is 5.92 Å². The van der Waals surface area contributed by atoms with E-state index in [2.05, 4.69) is 0 Å². The minimum Gasteiger partial charge on any atom is -0.390 e. The first kappa shape index (κ1) is 9.32. The molecule has 0 aromatic heterocycles. The number of rotatable bonds is 0. The van der Waals surface area contributed by atoms with Crippen LogP contribution in [0.25, 0.3) is 0 Å². The highest BCUT2D eigenvalue weighted by Gasteiger charge is 2.76. The molecule has 7 atom stereocenters. The highest BCUT2D eigenvalue weighted by atomic mass is 16.4. The van der Waals surface area contributed by atoms with Crippen molar-refractivity contribution in [1.29, 1.82) is 0 Å². The van der Waals surface area contributed by atoms with Crippen molar-refractivity contribution in [3.05, 3.63) is 0 Å². The van der Waals surface area contributed by atoms with Gasteiger partial charge in [-0.2, -0.15) is 0 Å². The molecular formula is C7H12O6. The number of hydrogen-bond acceptors (Lipinski definition) is 6. The lowest BCUT2D eigenvalue weighted by molar-refractivity contribution is -0.183. The molecule has 0 radical (unpaired) electrons. The number of hydrogen-bond donors (Lipinski definition) is 6. The second-order valence-corrected chi connectivity index (χ2v) is 3.77. The summed E-state index contributed by atoms with van der Waals surface area (Å²) in [6, 6.07) is 0. The second kappa shape index (κ2) is 2.41. The van der Waals surface area contributed by atoms with Gasteiger partial charge < -0.3 is 30.6 Å². The minimum absolute atomic E-state index is 0.971. The van der Waals surface area contributed by atoms with Crippen LogP contribution in [0.4, 0.5) is 0 Å². The van der Waals surface area contributed by atoms with Crippen LogP contribution >= 0.6 is 0 Å². The molecule has 2 fully saturated rings. The van der Waals surface area contributed by atoms with Crippen LogP contribution < -0.4 is 0 Å². The molecule has 0 aliphatic heterocycles. The van der Waals surface area contributed by atoms with E-state index in [1.165, 1.54) is 0 Å². The van der Waals surface area contributed by atoms with Crippen molar-refractivity contribution in [2.24, 2.45) is 5.92 Å². The average Bonchev–Trinajstić information content (AvgIpc) is 2.65. The van der Waals surface area contributed by atoms with Crippen LogP contribution in [0.3, 0.4) is 0 Å². The maximum Gasteiger partial charge on any atom is 0.127 e. The fourth-order valence-corrected chi connectivity index (χ4v) is 2.11. The molecule has 0 spiro atoms. The fourth-order valence-electron chi connectivity index (χ4n) is 2.11. The van der Waals surface area contributed by atoms with E-state index in [1.54, 1.807) is 0 Å². The zero-order valence-corrected chi connectivity index (χ0v) is 6.65. The highest BCUT2D eigenvalue weighted by Crippen LogP contribution is 2.53. The molecule has 6 nitrogen and oxygen atoms in total. The van der Waals surface area contributed by atoms with Crippen molar-refractivity contribution in [3.63, 3.8) is 0 Å². The molecule has 5 unspecified atom stereocenters. The predicted octanol–water partition coefficient (Wildman–Crippen LogP) is -3.83. The Morgan fingerprint density at radius 1 is 0.692 bits per heavy atom. The molecule has 0 heterocycles. The SMILES string of the molecule is OC1C(O)[C@]2(O)C(O)C2C(O)[C@H]1O. The number of aliphatic hydroxyl groups excluding tert-OH is 5. The number of aliphatic hydroxyl groups is 6.